The van der Waals surface area contributed by atoms with E-state index in [1.807, 2.05) is 24.3 Å². The number of nitrogens with zero attached hydrogens (tertiary/aromatic N) is 3. The molecule has 0 saturated heterocycles. The second-order valence-corrected chi connectivity index (χ2v) is 9.98. The van der Waals surface area contributed by atoms with E-state index in [1.165, 1.54) is 54.7 Å². The molecule has 32 heavy (non-hydrogen) atoms. The molecule has 0 fully saturated rings. The Kier molecular flexibility index (Phi) is 5.86. The van der Waals surface area contributed by atoms with Crippen LogP contribution in [0.25, 0.3) is 10.2 Å². The van der Waals surface area contributed by atoms with Crippen molar-refractivity contribution in [3.63, 3.8) is 0 Å². The Morgan fingerprint density at radius 1 is 0.938 bits per heavy atom. The average Bonchev–Trinajstić information content (AvgIpc) is 3.27. The zero-order valence-electron chi connectivity index (χ0n) is 17.7. The zero-order valence-corrected chi connectivity index (χ0v) is 19.4. The lowest BCUT2D eigenvalue weighted by molar-refractivity contribution is 0.0993. The number of hydrogen-bond acceptors (Lipinski definition) is 6. The first-order valence-electron chi connectivity index (χ1n) is 9.68. The lowest BCUT2D eigenvalue weighted by Gasteiger charge is -2.21. The van der Waals surface area contributed by atoms with Crippen molar-refractivity contribution in [2.24, 2.45) is 0 Å². The van der Waals surface area contributed by atoms with Gasteiger partial charge in [-0.1, -0.05) is 35.6 Å². The maximum absolute atomic E-state index is 13.1. The summed E-state index contributed by atoms with van der Waals surface area (Å²) in [5.74, 6) is 0.175. The number of fused-ring (bicyclic) bond motifs is 1. The Balaban J connectivity index is 1.58. The second-order valence-electron chi connectivity index (χ2n) is 7.00. The van der Waals surface area contributed by atoms with E-state index in [2.05, 4.69) is 4.98 Å². The molecule has 0 N–H and O–H groups in total. The van der Waals surface area contributed by atoms with Gasteiger partial charge in [0.05, 0.1) is 27.9 Å². The Labute approximate surface area is 190 Å². The van der Waals surface area contributed by atoms with Gasteiger partial charge in [0.15, 0.2) is 5.13 Å². The third-order valence-corrected chi connectivity index (χ3v) is 7.96. The number of benzene rings is 3. The van der Waals surface area contributed by atoms with Gasteiger partial charge in [0.25, 0.3) is 15.9 Å². The highest BCUT2D eigenvalue weighted by Crippen LogP contribution is 2.31. The number of sulfonamides is 1. The van der Waals surface area contributed by atoms with E-state index in [1.54, 1.807) is 31.3 Å². The van der Waals surface area contributed by atoms with E-state index in [9.17, 15) is 13.2 Å². The Morgan fingerprint density at radius 2 is 1.59 bits per heavy atom. The molecule has 1 heterocycles. The summed E-state index contributed by atoms with van der Waals surface area (Å²) >= 11 is 1.42. The first kappa shape index (κ1) is 21.8. The van der Waals surface area contributed by atoms with Crippen molar-refractivity contribution in [3.05, 3.63) is 78.4 Å². The fraction of sp³-hybridized carbons (Fsp3) is 0.130. The molecular weight excluding hydrogens is 446 g/mol. The number of aromatic nitrogens is 1. The molecule has 9 heteroatoms. The number of hydrogen-bond donors (Lipinski definition) is 0. The molecule has 1 amide bonds. The number of rotatable bonds is 6. The summed E-state index contributed by atoms with van der Waals surface area (Å²) in [6.07, 6.45) is 0. The molecule has 0 aliphatic carbocycles. The van der Waals surface area contributed by atoms with Crippen molar-refractivity contribution >= 4 is 48.3 Å². The molecule has 0 saturated carbocycles. The van der Waals surface area contributed by atoms with Gasteiger partial charge in [-0.3, -0.25) is 14.0 Å². The Morgan fingerprint density at radius 3 is 2.28 bits per heavy atom. The van der Waals surface area contributed by atoms with Gasteiger partial charge >= 0.3 is 0 Å². The summed E-state index contributed by atoms with van der Waals surface area (Å²) < 4.78 is 33.6. The predicted octanol–water partition coefficient (Wildman–Crippen LogP) is 4.41. The minimum Gasteiger partial charge on any atom is -0.495 e. The van der Waals surface area contributed by atoms with Crippen LogP contribution >= 0.6 is 11.3 Å². The Hall–Kier alpha value is -3.43. The van der Waals surface area contributed by atoms with E-state index >= 15 is 0 Å². The summed E-state index contributed by atoms with van der Waals surface area (Å²) in [6.45, 7) is 0. The number of carbonyl (C=O) groups excluding carboxylic acids is 1. The molecule has 1 aromatic heterocycles. The summed E-state index contributed by atoms with van der Waals surface area (Å²) in [5.41, 5.74) is 1.62. The number of anilines is 2. The highest BCUT2D eigenvalue weighted by Gasteiger charge is 2.24. The fourth-order valence-corrected chi connectivity index (χ4v) is 5.36. The highest BCUT2D eigenvalue weighted by molar-refractivity contribution is 7.92. The molecule has 0 radical (unpaired) electrons. The van der Waals surface area contributed by atoms with Gasteiger partial charge in [-0.05, 0) is 48.5 Å². The molecule has 0 bridgehead atoms. The van der Waals surface area contributed by atoms with Crippen LogP contribution in [0.1, 0.15) is 10.4 Å². The van der Waals surface area contributed by atoms with Gasteiger partial charge in [-0.15, -0.1) is 0 Å². The lowest BCUT2D eigenvalue weighted by Crippen LogP contribution is -2.28. The van der Waals surface area contributed by atoms with E-state index in [4.69, 9.17) is 4.74 Å². The van der Waals surface area contributed by atoms with Crippen LogP contribution in [0.15, 0.2) is 77.7 Å². The number of para-hydroxylation sites is 3. The lowest BCUT2D eigenvalue weighted by atomic mass is 10.2. The molecule has 4 aromatic rings. The minimum atomic E-state index is -3.84. The first-order valence-corrected chi connectivity index (χ1v) is 11.9. The van der Waals surface area contributed by atoms with Crippen molar-refractivity contribution in [1.29, 1.82) is 0 Å². The monoisotopic (exact) mass is 467 g/mol. The molecule has 0 atom stereocenters. The quantitative estimate of drug-likeness (QED) is 0.420. The van der Waals surface area contributed by atoms with Crippen LogP contribution in [-0.4, -0.2) is 40.5 Å². The van der Waals surface area contributed by atoms with Crippen molar-refractivity contribution in [1.82, 2.24) is 4.98 Å². The number of thiazole rings is 1. The Bertz CT molecular complexity index is 1350. The van der Waals surface area contributed by atoms with Crippen LogP contribution in [0.3, 0.4) is 0 Å². The standard InChI is InChI=1S/C23H21N3O4S2/c1-25(23-24-18-8-4-7-11-21(18)31-23)22(27)16-12-14-17(15-13-16)32(28,29)26(2)19-9-5-6-10-20(19)30-3/h4-15H,1-3H3. The third-order valence-electron chi connectivity index (χ3n) is 5.06. The van der Waals surface area contributed by atoms with Crippen LogP contribution in [0.4, 0.5) is 10.8 Å². The fourth-order valence-electron chi connectivity index (χ4n) is 3.23. The molecule has 0 spiro atoms. The number of ether oxygens (including phenoxy) is 1. The van der Waals surface area contributed by atoms with Gasteiger partial charge in [0.2, 0.25) is 0 Å². The maximum atomic E-state index is 13.1. The number of amides is 1. The van der Waals surface area contributed by atoms with Crippen LogP contribution in [0.2, 0.25) is 0 Å². The van der Waals surface area contributed by atoms with Crippen LogP contribution in [-0.2, 0) is 10.0 Å². The molecule has 0 unspecified atom stereocenters. The topological polar surface area (TPSA) is 79.8 Å². The minimum absolute atomic E-state index is 0.0742. The molecular formula is C23H21N3O4S2. The highest BCUT2D eigenvalue weighted by atomic mass is 32.2. The van der Waals surface area contributed by atoms with Crippen molar-refractivity contribution in [2.75, 3.05) is 30.4 Å². The molecule has 3 aromatic carbocycles. The average molecular weight is 468 g/mol. The van der Waals surface area contributed by atoms with E-state index in [0.717, 1.165) is 14.5 Å². The van der Waals surface area contributed by atoms with E-state index in [0.29, 0.717) is 22.1 Å². The summed E-state index contributed by atoms with van der Waals surface area (Å²) in [4.78, 5) is 19.0. The maximum Gasteiger partial charge on any atom is 0.264 e. The summed E-state index contributed by atoms with van der Waals surface area (Å²) in [6, 6.07) is 20.4. The normalized spacial score (nSPS) is 11.3. The first-order chi connectivity index (χ1) is 15.3. The van der Waals surface area contributed by atoms with Crippen molar-refractivity contribution < 1.29 is 17.9 Å². The van der Waals surface area contributed by atoms with Gasteiger partial charge in [0.1, 0.15) is 5.75 Å². The summed E-state index contributed by atoms with van der Waals surface area (Å²) in [7, 11) is 0.767. The smallest absolute Gasteiger partial charge is 0.264 e. The van der Waals surface area contributed by atoms with Gasteiger partial charge in [-0.2, -0.15) is 0 Å². The third kappa shape index (κ3) is 3.92. The van der Waals surface area contributed by atoms with Crippen LogP contribution in [0.5, 0.6) is 5.75 Å². The van der Waals surface area contributed by atoms with Crippen LogP contribution in [0, 0.1) is 0 Å². The number of carbonyl (C=O) groups is 1. The van der Waals surface area contributed by atoms with E-state index in [-0.39, 0.29) is 10.8 Å². The largest absolute Gasteiger partial charge is 0.495 e. The van der Waals surface area contributed by atoms with Crippen molar-refractivity contribution in [2.45, 2.75) is 4.90 Å². The number of methoxy groups -OCH3 is 1. The second kappa shape index (κ2) is 8.60. The van der Waals surface area contributed by atoms with Gasteiger partial charge in [0, 0.05) is 19.7 Å². The SMILES string of the molecule is COc1ccccc1N(C)S(=O)(=O)c1ccc(C(=O)N(C)c2nc3ccccc3s2)cc1. The molecule has 4 rings (SSSR count). The van der Waals surface area contributed by atoms with Gasteiger partial charge < -0.3 is 4.74 Å². The molecule has 164 valence electrons. The zero-order chi connectivity index (χ0) is 22.9. The molecule has 0 aliphatic rings. The molecule has 0 aliphatic heterocycles. The molecule has 7 nitrogen and oxygen atoms in total. The van der Waals surface area contributed by atoms with Gasteiger partial charge in [-0.25, -0.2) is 13.4 Å². The predicted molar refractivity (Wildman–Crippen MR) is 127 cm³/mol. The summed E-state index contributed by atoms with van der Waals surface area (Å²) in [5, 5.41) is 0.573. The van der Waals surface area contributed by atoms with Crippen LogP contribution < -0.4 is 13.9 Å². The van der Waals surface area contributed by atoms with E-state index < -0.39 is 10.0 Å². The van der Waals surface area contributed by atoms with Crippen molar-refractivity contribution in [3.8, 4) is 5.75 Å².